The van der Waals surface area contributed by atoms with E-state index in [-0.39, 0.29) is 6.10 Å². The van der Waals surface area contributed by atoms with E-state index in [4.69, 9.17) is 5.11 Å². The summed E-state index contributed by atoms with van der Waals surface area (Å²) in [7, 11) is 0. The summed E-state index contributed by atoms with van der Waals surface area (Å²) in [6.07, 6.45) is 0.230. The quantitative estimate of drug-likeness (QED) is 0.732. The van der Waals surface area contributed by atoms with E-state index in [0.717, 1.165) is 5.56 Å². The average Bonchev–Trinajstić information content (AvgIpc) is 2.03. The first kappa shape index (κ1) is 9.20. The number of hydrogen-bond acceptors (Lipinski definition) is 1. The molecule has 0 fully saturated rings. The predicted molar refractivity (Wildman–Crippen MR) is 46.6 cm³/mol. The molecule has 0 aliphatic heterocycles. The fraction of sp³-hybridized carbons (Fsp3) is 0.400. The number of halogens is 1. The van der Waals surface area contributed by atoms with Crippen LogP contribution in [0.2, 0.25) is 0 Å². The molecule has 0 heterocycles. The van der Waals surface area contributed by atoms with Crippen molar-refractivity contribution in [3.8, 4) is 0 Å². The Morgan fingerprint density at radius 1 is 1.42 bits per heavy atom. The zero-order chi connectivity index (χ0) is 8.97. The Labute approximate surface area is 71.9 Å². The first-order valence-electron chi connectivity index (χ1n) is 4.04. The highest BCUT2D eigenvalue weighted by atomic mass is 19.1. The van der Waals surface area contributed by atoms with E-state index in [1.807, 2.05) is 12.1 Å². The molecular formula is C10H13FO. The number of aliphatic hydroxyl groups excluding tert-OH is 1. The van der Waals surface area contributed by atoms with Gasteiger partial charge in [0.2, 0.25) is 0 Å². The lowest BCUT2D eigenvalue weighted by Crippen LogP contribution is -2.04. The molecule has 0 amide bonds. The number of aliphatic hydroxyl groups is 1. The number of benzene rings is 1. The van der Waals surface area contributed by atoms with Crippen LogP contribution in [0.5, 0.6) is 0 Å². The number of hydrogen-bond donors (Lipinski definition) is 1. The van der Waals surface area contributed by atoms with Gasteiger partial charge in [0.05, 0.1) is 6.10 Å². The number of alkyl halides is 1. The van der Waals surface area contributed by atoms with Gasteiger partial charge in [-0.25, -0.2) is 4.39 Å². The Bertz CT molecular complexity index is 245. The van der Waals surface area contributed by atoms with Crippen LogP contribution in [0.4, 0.5) is 4.39 Å². The minimum atomic E-state index is -0.437. The average molecular weight is 168 g/mol. The fourth-order valence-electron chi connectivity index (χ4n) is 1.18. The lowest BCUT2D eigenvalue weighted by molar-refractivity contribution is 0.195. The number of rotatable bonds is 3. The van der Waals surface area contributed by atoms with E-state index in [9.17, 15) is 4.39 Å². The topological polar surface area (TPSA) is 20.2 Å². The molecule has 0 saturated carbocycles. The van der Waals surface area contributed by atoms with Crippen LogP contribution >= 0.6 is 0 Å². The first-order chi connectivity index (χ1) is 5.72. The zero-order valence-electron chi connectivity index (χ0n) is 7.13. The van der Waals surface area contributed by atoms with Crippen LogP contribution in [0.3, 0.4) is 0 Å². The van der Waals surface area contributed by atoms with Crippen LogP contribution in [0, 0.1) is 0 Å². The maximum atomic E-state index is 12.2. The Hall–Kier alpha value is -0.890. The summed E-state index contributed by atoms with van der Waals surface area (Å²) in [5.41, 5.74) is 1.66. The molecule has 12 heavy (non-hydrogen) atoms. The van der Waals surface area contributed by atoms with Crippen LogP contribution < -0.4 is 0 Å². The Balaban J connectivity index is 2.72. The fourth-order valence-corrected chi connectivity index (χ4v) is 1.18. The van der Waals surface area contributed by atoms with E-state index >= 15 is 0 Å². The molecule has 0 aromatic heterocycles. The van der Waals surface area contributed by atoms with Gasteiger partial charge in [0.15, 0.2) is 0 Å². The van der Waals surface area contributed by atoms with Crippen molar-refractivity contribution in [1.29, 1.82) is 0 Å². The monoisotopic (exact) mass is 168 g/mol. The summed E-state index contributed by atoms with van der Waals surface area (Å²) >= 11 is 0. The van der Waals surface area contributed by atoms with Gasteiger partial charge in [-0.2, -0.15) is 0 Å². The molecule has 0 radical (unpaired) electrons. The van der Waals surface area contributed by atoms with Crippen molar-refractivity contribution in [2.75, 3.05) is 0 Å². The van der Waals surface area contributed by atoms with Crippen molar-refractivity contribution in [3.05, 3.63) is 35.4 Å². The summed E-state index contributed by atoms with van der Waals surface area (Å²) in [4.78, 5) is 0. The summed E-state index contributed by atoms with van der Waals surface area (Å²) < 4.78 is 12.2. The third-order valence-corrected chi connectivity index (χ3v) is 1.68. The summed E-state index contributed by atoms with van der Waals surface area (Å²) in [5.74, 6) is 0. The third-order valence-electron chi connectivity index (χ3n) is 1.68. The van der Waals surface area contributed by atoms with E-state index in [1.54, 1.807) is 19.1 Å². The SMILES string of the molecule is CC(O)Cc1cccc(CF)c1. The van der Waals surface area contributed by atoms with Gasteiger partial charge < -0.3 is 5.11 Å². The highest BCUT2D eigenvalue weighted by molar-refractivity contribution is 5.23. The molecule has 0 aliphatic rings. The minimum absolute atomic E-state index is 0.361. The molecule has 1 rings (SSSR count). The molecule has 1 N–H and O–H groups in total. The summed E-state index contributed by atoms with van der Waals surface area (Å²) in [5, 5.41) is 9.08. The van der Waals surface area contributed by atoms with Gasteiger partial charge >= 0.3 is 0 Å². The van der Waals surface area contributed by atoms with Crippen molar-refractivity contribution in [2.45, 2.75) is 26.1 Å². The summed E-state index contributed by atoms with van der Waals surface area (Å²) in [6, 6.07) is 7.23. The van der Waals surface area contributed by atoms with Crippen molar-refractivity contribution in [1.82, 2.24) is 0 Å². The lowest BCUT2D eigenvalue weighted by atomic mass is 10.1. The standard InChI is InChI=1S/C10H13FO/c1-8(12)5-9-3-2-4-10(6-9)7-11/h2-4,6,8,12H,5,7H2,1H3. The highest BCUT2D eigenvalue weighted by Crippen LogP contribution is 2.08. The van der Waals surface area contributed by atoms with Crippen molar-refractivity contribution >= 4 is 0 Å². The molecule has 1 unspecified atom stereocenters. The zero-order valence-corrected chi connectivity index (χ0v) is 7.13. The van der Waals surface area contributed by atoms with Crippen LogP contribution in [-0.2, 0) is 13.1 Å². The van der Waals surface area contributed by atoms with Gasteiger partial charge in [-0.3, -0.25) is 0 Å². The predicted octanol–water partition coefficient (Wildman–Crippen LogP) is 2.08. The highest BCUT2D eigenvalue weighted by Gasteiger charge is 1.99. The second-order valence-electron chi connectivity index (χ2n) is 3.01. The van der Waals surface area contributed by atoms with E-state index in [1.165, 1.54) is 0 Å². The van der Waals surface area contributed by atoms with Crippen LogP contribution in [0.15, 0.2) is 24.3 Å². The maximum absolute atomic E-state index is 12.2. The molecule has 66 valence electrons. The van der Waals surface area contributed by atoms with Gasteiger partial charge in [-0.15, -0.1) is 0 Å². The van der Waals surface area contributed by atoms with Crippen LogP contribution in [0.1, 0.15) is 18.1 Å². The third kappa shape index (κ3) is 2.62. The Kier molecular flexibility index (Phi) is 3.23. The molecule has 1 aromatic carbocycles. The minimum Gasteiger partial charge on any atom is -0.393 e. The van der Waals surface area contributed by atoms with Gasteiger partial charge in [0, 0.05) is 0 Å². The molecular weight excluding hydrogens is 155 g/mol. The van der Waals surface area contributed by atoms with Crippen molar-refractivity contribution < 1.29 is 9.50 Å². The van der Waals surface area contributed by atoms with Gasteiger partial charge in [0.1, 0.15) is 6.67 Å². The van der Waals surface area contributed by atoms with E-state index in [0.29, 0.717) is 12.0 Å². The molecule has 1 aromatic rings. The second kappa shape index (κ2) is 4.21. The molecule has 0 saturated heterocycles. The Morgan fingerprint density at radius 2 is 2.08 bits per heavy atom. The van der Waals surface area contributed by atoms with E-state index < -0.39 is 6.67 Å². The largest absolute Gasteiger partial charge is 0.393 e. The lowest BCUT2D eigenvalue weighted by Gasteiger charge is -2.04. The molecule has 1 nitrogen and oxygen atoms in total. The first-order valence-corrected chi connectivity index (χ1v) is 4.04. The van der Waals surface area contributed by atoms with Crippen molar-refractivity contribution in [3.63, 3.8) is 0 Å². The molecule has 0 spiro atoms. The van der Waals surface area contributed by atoms with Crippen molar-refractivity contribution in [2.24, 2.45) is 0 Å². The molecule has 2 heteroatoms. The maximum Gasteiger partial charge on any atom is 0.115 e. The molecule has 1 atom stereocenters. The van der Waals surface area contributed by atoms with Gasteiger partial charge in [0.25, 0.3) is 0 Å². The summed E-state index contributed by atoms with van der Waals surface area (Å²) in [6.45, 7) is 1.29. The van der Waals surface area contributed by atoms with E-state index in [2.05, 4.69) is 0 Å². The normalized spacial score (nSPS) is 12.9. The smallest absolute Gasteiger partial charge is 0.115 e. The Morgan fingerprint density at radius 3 is 2.67 bits per heavy atom. The van der Waals surface area contributed by atoms with Gasteiger partial charge in [-0.1, -0.05) is 24.3 Å². The van der Waals surface area contributed by atoms with Crippen LogP contribution in [0.25, 0.3) is 0 Å². The van der Waals surface area contributed by atoms with Crippen LogP contribution in [-0.4, -0.2) is 11.2 Å². The molecule has 0 bridgehead atoms. The molecule has 0 aliphatic carbocycles. The van der Waals surface area contributed by atoms with Gasteiger partial charge in [-0.05, 0) is 24.5 Å². The second-order valence-corrected chi connectivity index (χ2v) is 3.01.